The first kappa shape index (κ1) is 15.9. The van der Waals surface area contributed by atoms with Crippen LogP contribution in [0, 0.1) is 13.8 Å². The third kappa shape index (κ3) is 4.03. The highest BCUT2D eigenvalue weighted by molar-refractivity contribution is 7.93. The van der Waals surface area contributed by atoms with Gasteiger partial charge >= 0.3 is 0 Å². The molecule has 0 aliphatic rings. The predicted octanol–water partition coefficient (Wildman–Crippen LogP) is 2.32. The second-order valence-corrected chi connectivity index (χ2v) is 7.65. The molecule has 2 N–H and O–H groups in total. The molecule has 2 rings (SSSR count). The third-order valence-electron chi connectivity index (χ3n) is 3.15. The maximum absolute atomic E-state index is 12.3. The lowest BCUT2D eigenvalue weighted by atomic mass is 10.1. The maximum atomic E-state index is 12.3. The minimum Gasteiger partial charge on any atom is -0.319 e. The molecule has 114 valence electrons. The van der Waals surface area contributed by atoms with Gasteiger partial charge in [0.15, 0.2) is 5.13 Å². The lowest BCUT2D eigenvalue weighted by molar-refractivity contribution is 0.601. The van der Waals surface area contributed by atoms with E-state index in [-0.39, 0.29) is 4.90 Å². The average molecular weight is 325 g/mol. The number of hydrogen-bond donors (Lipinski definition) is 2. The van der Waals surface area contributed by atoms with Crippen LogP contribution in [-0.2, 0) is 16.4 Å². The SMILES string of the molecule is CNCCc1ccc(S(=O)(=O)Nc2nc(C)c(C)s2)cc1. The lowest BCUT2D eigenvalue weighted by Crippen LogP contribution is -2.13. The molecule has 0 atom stereocenters. The van der Waals surface area contributed by atoms with Crippen molar-refractivity contribution in [2.75, 3.05) is 18.3 Å². The molecule has 0 amide bonds. The van der Waals surface area contributed by atoms with Crippen LogP contribution in [0.4, 0.5) is 5.13 Å². The van der Waals surface area contributed by atoms with Gasteiger partial charge in [0.2, 0.25) is 0 Å². The van der Waals surface area contributed by atoms with Crippen molar-refractivity contribution >= 4 is 26.5 Å². The van der Waals surface area contributed by atoms with Gasteiger partial charge in [-0.2, -0.15) is 0 Å². The molecule has 0 radical (unpaired) electrons. The summed E-state index contributed by atoms with van der Waals surface area (Å²) < 4.78 is 27.1. The van der Waals surface area contributed by atoms with Crippen LogP contribution >= 0.6 is 11.3 Å². The number of benzene rings is 1. The van der Waals surface area contributed by atoms with E-state index in [1.54, 1.807) is 12.1 Å². The average Bonchev–Trinajstić information content (AvgIpc) is 2.74. The zero-order valence-electron chi connectivity index (χ0n) is 12.3. The fraction of sp³-hybridized carbons (Fsp3) is 0.357. The highest BCUT2D eigenvalue weighted by atomic mass is 32.2. The predicted molar refractivity (Wildman–Crippen MR) is 86.5 cm³/mol. The number of likely N-dealkylation sites (N-methyl/N-ethyl adjacent to an activating group) is 1. The molecule has 7 heteroatoms. The Balaban J connectivity index is 2.15. The van der Waals surface area contributed by atoms with Crippen LogP contribution in [0.15, 0.2) is 29.2 Å². The van der Waals surface area contributed by atoms with Crippen molar-refractivity contribution in [2.45, 2.75) is 25.2 Å². The van der Waals surface area contributed by atoms with Gasteiger partial charge in [-0.15, -0.1) is 11.3 Å². The summed E-state index contributed by atoms with van der Waals surface area (Å²) in [6.45, 7) is 4.64. The Morgan fingerprint density at radius 2 is 1.86 bits per heavy atom. The van der Waals surface area contributed by atoms with Crippen LogP contribution in [0.3, 0.4) is 0 Å². The number of aromatic nitrogens is 1. The Hall–Kier alpha value is -1.44. The van der Waals surface area contributed by atoms with E-state index in [9.17, 15) is 8.42 Å². The summed E-state index contributed by atoms with van der Waals surface area (Å²) in [5.74, 6) is 0. The van der Waals surface area contributed by atoms with Crippen LogP contribution in [0.25, 0.3) is 0 Å². The fourth-order valence-corrected chi connectivity index (χ4v) is 3.84. The maximum Gasteiger partial charge on any atom is 0.263 e. The van der Waals surface area contributed by atoms with Gasteiger partial charge in [0.25, 0.3) is 10.0 Å². The minimum atomic E-state index is -3.57. The molecule has 0 aliphatic heterocycles. The number of sulfonamides is 1. The van der Waals surface area contributed by atoms with Crippen molar-refractivity contribution in [3.05, 3.63) is 40.4 Å². The summed E-state index contributed by atoms with van der Waals surface area (Å²) in [6, 6.07) is 6.93. The summed E-state index contributed by atoms with van der Waals surface area (Å²) in [5, 5.41) is 3.47. The molecular weight excluding hydrogens is 306 g/mol. The highest BCUT2D eigenvalue weighted by Gasteiger charge is 2.16. The van der Waals surface area contributed by atoms with E-state index >= 15 is 0 Å². The second kappa shape index (κ2) is 6.55. The topological polar surface area (TPSA) is 71.1 Å². The third-order valence-corrected chi connectivity index (χ3v) is 5.62. The molecule has 0 bridgehead atoms. The van der Waals surface area contributed by atoms with Crippen LogP contribution < -0.4 is 10.0 Å². The Morgan fingerprint density at radius 1 is 1.19 bits per heavy atom. The van der Waals surface area contributed by atoms with Gasteiger partial charge < -0.3 is 5.32 Å². The van der Waals surface area contributed by atoms with E-state index in [1.165, 1.54) is 11.3 Å². The second-order valence-electron chi connectivity index (χ2n) is 4.76. The van der Waals surface area contributed by atoms with Crippen molar-refractivity contribution in [3.8, 4) is 0 Å². The monoisotopic (exact) mass is 325 g/mol. The summed E-state index contributed by atoms with van der Waals surface area (Å²) in [5.41, 5.74) is 1.95. The normalized spacial score (nSPS) is 11.6. The van der Waals surface area contributed by atoms with Crippen LogP contribution in [-0.4, -0.2) is 27.0 Å². The summed E-state index contributed by atoms with van der Waals surface area (Å²) in [4.78, 5) is 5.46. The van der Waals surface area contributed by atoms with E-state index in [0.717, 1.165) is 29.1 Å². The molecule has 2 aromatic rings. The zero-order chi connectivity index (χ0) is 15.5. The Labute approximate surface area is 129 Å². The Bertz CT molecular complexity index is 687. The van der Waals surface area contributed by atoms with Gasteiger partial charge in [-0.25, -0.2) is 13.4 Å². The molecule has 1 aromatic heterocycles. The number of hydrogen-bond acceptors (Lipinski definition) is 5. The Kier molecular flexibility index (Phi) is 4.97. The van der Waals surface area contributed by atoms with Crippen molar-refractivity contribution in [3.63, 3.8) is 0 Å². The van der Waals surface area contributed by atoms with Gasteiger partial charge in [-0.3, -0.25) is 4.72 Å². The zero-order valence-corrected chi connectivity index (χ0v) is 13.9. The van der Waals surface area contributed by atoms with Crippen molar-refractivity contribution in [2.24, 2.45) is 0 Å². The number of anilines is 1. The van der Waals surface area contributed by atoms with E-state index in [2.05, 4.69) is 15.0 Å². The van der Waals surface area contributed by atoms with Crippen molar-refractivity contribution < 1.29 is 8.42 Å². The molecule has 5 nitrogen and oxygen atoms in total. The van der Waals surface area contributed by atoms with Crippen LogP contribution in [0.5, 0.6) is 0 Å². The molecular formula is C14H19N3O2S2. The first-order valence-electron chi connectivity index (χ1n) is 6.63. The molecule has 0 saturated heterocycles. The molecule has 1 aromatic carbocycles. The van der Waals surface area contributed by atoms with Gasteiger partial charge in [-0.1, -0.05) is 12.1 Å². The Morgan fingerprint density at radius 3 is 2.38 bits per heavy atom. The summed E-state index contributed by atoms with van der Waals surface area (Å²) in [6.07, 6.45) is 0.870. The quantitative estimate of drug-likeness (QED) is 0.855. The van der Waals surface area contributed by atoms with Gasteiger partial charge in [-0.05, 0) is 51.6 Å². The number of aryl methyl sites for hydroxylation is 2. The van der Waals surface area contributed by atoms with Crippen molar-refractivity contribution in [1.82, 2.24) is 10.3 Å². The highest BCUT2D eigenvalue weighted by Crippen LogP contribution is 2.24. The van der Waals surface area contributed by atoms with Gasteiger partial charge in [0.05, 0.1) is 10.6 Å². The van der Waals surface area contributed by atoms with E-state index < -0.39 is 10.0 Å². The molecule has 21 heavy (non-hydrogen) atoms. The summed E-state index contributed by atoms with van der Waals surface area (Å²) in [7, 11) is -1.68. The number of rotatable bonds is 6. The molecule has 0 unspecified atom stereocenters. The molecule has 1 heterocycles. The van der Waals surface area contributed by atoms with Gasteiger partial charge in [0.1, 0.15) is 0 Å². The van der Waals surface area contributed by atoms with Crippen LogP contribution in [0.1, 0.15) is 16.1 Å². The van der Waals surface area contributed by atoms with E-state index in [1.807, 2.05) is 33.0 Å². The minimum absolute atomic E-state index is 0.251. The summed E-state index contributed by atoms with van der Waals surface area (Å²) >= 11 is 1.34. The van der Waals surface area contributed by atoms with Crippen LogP contribution in [0.2, 0.25) is 0 Å². The molecule has 0 fully saturated rings. The molecule has 0 spiro atoms. The first-order chi connectivity index (χ1) is 9.92. The number of nitrogens with zero attached hydrogens (tertiary/aromatic N) is 1. The largest absolute Gasteiger partial charge is 0.319 e. The molecule has 0 saturated carbocycles. The first-order valence-corrected chi connectivity index (χ1v) is 8.93. The fourth-order valence-electron chi connectivity index (χ4n) is 1.79. The number of thiazole rings is 1. The smallest absolute Gasteiger partial charge is 0.263 e. The van der Waals surface area contributed by atoms with E-state index in [0.29, 0.717) is 5.13 Å². The van der Waals surface area contributed by atoms with E-state index in [4.69, 9.17) is 0 Å². The number of nitrogens with one attached hydrogen (secondary N) is 2. The molecule has 0 aliphatic carbocycles. The lowest BCUT2D eigenvalue weighted by Gasteiger charge is -2.06. The standard InChI is InChI=1S/C14H19N3O2S2/c1-10-11(2)20-14(16-10)17-21(18,19)13-6-4-12(5-7-13)8-9-15-3/h4-7,15H,8-9H2,1-3H3,(H,16,17). The van der Waals surface area contributed by atoms with Gasteiger partial charge in [0, 0.05) is 4.88 Å². The van der Waals surface area contributed by atoms with Crippen molar-refractivity contribution in [1.29, 1.82) is 0 Å².